The van der Waals surface area contributed by atoms with Gasteiger partial charge in [0.2, 0.25) is 0 Å². The predicted molar refractivity (Wildman–Crippen MR) is 102 cm³/mol. The Labute approximate surface area is 154 Å². The standard InChI is InChI=1S/C22H26O4/c1-22(2)15-19-18(7-6-8-20(19)26-22)16-10-12-17(13-11-16)25-14-5-3-4-9-21(23)24/h6-8,10-13H,3-5,9,14-15H2,1-2H3,(H,23,24). The third kappa shape index (κ3) is 4.57. The number of unbranched alkanes of at least 4 members (excludes halogenated alkanes) is 2. The molecule has 0 atom stereocenters. The van der Waals surface area contributed by atoms with Gasteiger partial charge >= 0.3 is 5.97 Å². The first-order valence-electron chi connectivity index (χ1n) is 9.20. The molecule has 0 saturated carbocycles. The lowest BCUT2D eigenvalue weighted by Crippen LogP contribution is -2.24. The fraction of sp³-hybridized carbons (Fsp3) is 0.409. The van der Waals surface area contributed by atoms with Gasteiger partial charge in [-0.05, 0) is 62.4 Å². The minimum Gasteiger partial charge on any atom is -0.494 e. The summed E-state index contributed by atoms with van der Waals surface area (Å²) in [6.45, 7) is 4.84. The monoisotopic (exact) mass is 354 g/mol. The maximum Gasteiger partial charge on any atom is 0.303 e. The lowest BCUT2D eigenvalue weighted by Gasteiger charge is -2.16. The lowest BCUT2D eigenvalue weighted by molar-refractivity contribution is -0.137. The van der Waals surface area contributed by atoms with Crippen LogP contribution in [0.1, 0.15) is 45.1 Å². The Morgan fingerprint density at radius 1 is 1.12 bits per heavy atom. The zero-order valence-corrected chi connectivity index (χ0v) is 15.5. The number of aliphatic carboxylic acids is 1. The van der Waals surface area contributed by atoms with Crippen LogP contribution in [0.2, 0.25) is 0 Å². The Morgan fingerprint density at radius 2 is 1.88 bits per heavy atom. The molecule has 0 unspecified atom stereocenters. The lowest BCUT2D eigenvalue weighted by atomic mass is 9.93. The average Bonchev–Trinajstić information content (AvgIpc) is 2.92. The molecule has 1 aliphatic rings. The van der Waals surface area contributed by atoms with E-state index in [0.717, 1.165) is 36.3 Å². The summed E-state index contributed by atoms with van der Waals surface area (Å²) >= 11 is 0. The van der Waals surface area contributed by atoms with E-state index in [0.29, 0.717) is 13.0 Å². The molecule has 0 fully saturated rings. The minimum absolute atomic E-state index is 0.151. The SMILES string of the molecule is CC1(C)Cc2c(cccc2-c2ccc(OCCCCCC(=O)O)cc2)O1. The van der Waals surface area contributed by atoms with Crippen LogP contribution in [-0.2, 0) is 11.2 Å². The molecule has 0 aromatic heterocycles. The maximum absolute atomic E-state index is 10.5. The molecule has 26 heavy (non-hydrogen) atoms. The second-order valence-electron chi connectivity index (χ2n) is 7.40. The van der Waals surface area contributed by atoms with Gasteiger partial charge in [-0.15, -0.1) is 0 Å². The van der Waals surface area contributed by atoms with Crippen molar-refractivity contribution in [2.75, 3.05) is 6.61 Å². The van der Waals surface area contributed by atoms with E-state index in [2.05, 4.69) is 32.0 Å². The summed E-state index contributed by atoms with van der Waals surface area (Å²) in [5, 5.41) is 8.62. The quantitative estimate of drug-likeness (QED) is 0.671. The van der Waals surface area contributed by atoms with E-state index in [1.54, 1.807) is 0 Å². The molecule has 0 spiro atoms. The Balaban J connectivity index is 1.58. The number of rotatable bonds is 8. The fourth-order valence-electron chi connectivity index (χ4n) is 3.35. The molecule has 0 radical (unpaired) electrons. The predicted octanol–water partition coefficient (Wildman–Crippen LogP) is 5.09. The summed E-state index contributed by atoms with van der Waals surface area (Å²) in [6, 6.07) is 14.4. The minimum atomic E-state index is -0.734. The van der Waals surface area contributed by atoms with Gasteiger partial charge in [-0.2, -0.15) is 0 Å². The van der Waals surface area contributed by atoms with Crippen molar-refractivity contribution in [1.82, 2.24) is 0 Å². The summed E-state index contributed by atoms with van der Waals surface area (Å²) in [7, 11) is 0. The molecule has 0 bridgehead atoms. The zero-order chi connectivity index (χ0) is 18.6. The number of fused-ring (bicyclic) bond motifs is 1. The van der Waals surface area contributed by atoms with Gasteiger partial charge in [0.15, 0.2) is 0 Å². The molecule has 1 aliphatic heterocycles. The van der Waals surface area contributed by atoms with E-state index in [9.17, 15) is 4.79 Å². The maximum atomic E-state index is 10.5. The number of benzene rings is 2. The van der Waals surface area contributed by atoms with E-state index in [-0.39, 0.29) is 12.0 Å². The van der Waals surface area contributed by atoms with Crippen molar-refractivity contribution in [1.29, 1.82) is 0 Å². The number of carboxylic acids is 1. The van der Waals surface area contributed by atoms with Crippen LogP contribution in [0, 0.1) is 0 Å². The van der Waals surface area contributed by atoms with E-state index in [1.807, 2.05) is 24.3 Å². The van der Waals surface area contributed by atoms with Crippen LogP contribution in [0.4, 0.5) is 0 Å². The van der Waals surface area contributed by atoms with Crippen LogP contribution in [0.5, 0.6) is 11.5 Å². The molecule has 2 aromatic rings. The Morgan fingerprint density at radius 3 is 2.62 bits per heavy atom. The van der Waals surface area contributed by atoms with Crippen molar-refractivity contribution >= 4 is 5.97 Å². The Bertz CT molecular complexity index is 762. The number of hydrogen-bond acceptors (Lipinski definition) is 3. The van der Waals surface area contributed by atoms with E-state index in [1.165, 1.54) is 11.1 Å². The van der Waals surface area contributed by atoms with Gasteiger partial charge in [0.1, 0.15) is 17.1 Å². The smallest absolute Gasteiger partial charge is 0.303 e. The largest absolute Gasteiger partial charge is 0.494 e. The summed E-state index contributed by atoms with van der Waals surface area (Å²) in [4.78, 5) is 10.5. The normalized spacial score (nSPS) is 14.5. The fourth-order valence-corrected chi connectivity index (χ4v) is 3.35. The van der Waals surface area contributed by atoms with Gasteiger partial charge < -0.3 is 14.6 Å². The average molecular weight is 354 g/mol. The van der Waals surface area contributed by atoms with E-state index < -0.39 is 5.97 Å². The van der Waals surface area contributed by atoms with E-state index >= 15 is 0 Å². The van der Waals surface area contributed by atoms with Crippen molar-refractivity contribution in [3.05, 3.63) is 48.0 Å². The van der Waals surface area contributed by atoms with Crippen LogP contribution in [0.15, 0.2) is 42.5 Å². The van der Waals surface area contributed by atoms with Gasteiger partial charge in [-0.3, -0.25) is 4.79 Å². The van der Waals surface area contributed by atoms with Crippen LogP contribution >= 0.6 is 0 Å². The van der Waals surface area contributed by atoms with Gasteiger partial charge in [-0.25, -0.2) is 0 Å². The number of ether oxygens (including phenoxy) is 2. The molecule has 3 rings (SSSR count). The highest BCUT2D eigenvalue weighted by Gasteiger charge is 2.31. The second kappa shape index (κ2) is 7.81. The van der Waals surface area contributed by atoms with Crippen molar-refractivity contribution < 1.29 is 19.4 Å². The molecule has 1 heterocycles. The number of carboxylic acid groups (broad SMARTS) is 1. The van der Waals surface area contributed by atoms with Crippen molar-refractivity contribution in [2.45, 2.75) is 51.6 Å². The molecule has 4 heteroatoms. The van der Waals surface area contributed by atoms with Crippen LogP contribution in [0.25, 0.3) is 11.1 Å². The number of hydrogen-bond donors (Lipinski definition) is 1. The first-order valence-corrected chi connectivity index (χ1v) is 9.20. The van der Waals surface area contributed by atoms with Crippen molar-refractivity contribution in [2.24, 2.45) is 0 Å². The highest BCUT2D eigenvalue weighted by atomic mass is 16.5. The molecule has 2 aromatic carbocycles. The molecule has 0 saturated heterocycles. The van der Waals surface area contributed by atoms with Crippen molar-refractivity contribution in [3.8, 4) is 22.6 Å². The van der Waals surface area contributed by atoms with Crippen LogP contribution in [0.3, 0.4) is 0 Å². The van der Waals surface area contributed by atoms with Gasteiger partial charge in [0.05, 0.1) is 6.61 Å². The molecular formula is C22H26O4. The molecule has 0 aliphatic carbocycles. The van der Waals surface area contributed by atoms with Gasteiger partial charge in [0.25, 0.3) is 0 Å². The summed E-state index contributed by atoms with van der Waals surface area (Å²) in [6.07, 6.45) is 3.59. The first-order chi connectivity index (χ1) is 12.4. The highest BCUT2D eigenvalue weighted by Crippen LogP contribution is 2.40. The number of carbonyl (C=O) groups is 1. The summed E-state index contributed by atoms with van der Waals surface area (Å²) in [5.74, 6) is 1.09. The molecule has 138 valence electrons. The van der Waals surface area contributed by atoms with Crippen molar-refractivity contribution in [3.63, 3.8) is 0 Å². The topological polar surface area (TPSA) is 55.8 Å². The molecule has 1 N–H and O–H groups in total. The van der Waals surface area contributed by atoms with Crippen LogP contribution < -0.4 is 9.47 Å². The summed E-state index contributed by atoms with van der Waals surface area (Å²) in [5.41, 5.74) is 3.50. The second-order valence-corrected chi connectivity index (χ2v) is 7.40. The highest BCUT2D eigenvalue weighted by molar-refractivity contribution is 5.71. The summed E-state index contributed by atoms with van der Waals surface area (Å²) < 4.78 is 11.8. The van der Waals surface area contributed by atoms with Gasteiger partial charge in [-0.1, -0.05) is 24.3 Å². The van der Waals surface area contributed by atoms with Crippen LogP contribution in [-0.4, -0.2) is 23.3 Å². The molecule has 4 nitrogen and oxygen atoms in total. The first kappa shape index (κ1) is 18.3. The Kier molecular flexibility index (Phi) is 5.50. The zero-order valence-electron chi connectivity index (χ0n) is 15.5. The van der Waals surface area contributed by atoms with E-state index in [4.69, 9.17) is 14.6 Å². The Hall–Kier alpha value is -2.49. The van der Waals surface area contributed by atoms with Gasteiger partial charge in [0, 0.05) is 18.4 Å². The molecule has 0 amide bonds. The third-order valence-corrected chi connectivity index (χ3v) is 4.59. The third-order valence-electron chi connectivity index (χ3n) is 4.59. The molecular weight excluding hydrogens is 328 g/mol.